The number of anilines is 1. The van der Waals surface area contributed by atoms with Crippen LogP contribution in [0.25, 0.3) is 6.08 Å². The lowest BCUT2D eigenvalue weighted by molar-refractivity contribution is -0.895. The Morgan fingerprint density at radius 3 is 2.68 bits per heavy atom. The van der Waals surface area contributed by atoms with Crippen LogP contribution in [-0.2, 0) is 16.0 Å². The molecular weight excluding hydrogens is 394 g/mol. The van der Waals surface area contributed by atoms with Gasteiger partial charge >= 0.3 is 0 Å². The topological polar surface area (TPSA) is 72.3 Å². The Morgan fingerprint density at radius 1 is 1.10 bits per heavy atom. The largest absolute Gasteiger partial charge is 0.454 e. The van der Waals surface area contributed by atoms with Gasteiger partial charge in [-0.25, -0.2) is 0 Å². The maximum atomic E-state index is 12.5. The number of amides is 2. The van der Waals surface area contributed by atoms with E-state index in [2.05, 4.69) is 12.2 Å². The van der Waals surface area contributed by atoms with Crippen LogP contribution in [0.5, 0.6) is 11.5 Å². The second-order valence-corrected chi connectivity index (χ2v) is 7.76. The molecule has 2 aliphatic rings. The maximum Gasteiger partial charge on any atom is 0.279 e. The second kappa shape index (κ2) is 9.66. The summed E-state index contributed by atoms with van der Waals surface area (Å²) in [6.45, 7) is 5.51. The van der Waals surface area contributed by atoms with Gasteiger partial charge < -0.3 is 24.6 Å². The van der Waals surface area contributed by atoms with E-state index in [9.17, 15) is 9.59 Å². The standard InChI is InChI=1S/C24H27N3O4/c1-2-19-5-3-4-6-20(19)25-23(28)16-26-11-13-27(14-12-26)24(29)10-8-18-7-9-21-22(15-18)31-17-30-21/h3-10,15H,2,11-14,16-17H2,1H3,(H,25,28)/p+1/b10-8+. The van der Waals surface area contributed by atoms with Crippen LogP contribution < -0.4 is 19.7 Å². The molecule has 0 aromatic heterocycles. The molecule has 4 rings (SSSR count). The smallest absolute Gasteiger partial charge is 0.279 e. The molecule has 0 aliphatic carbocycles. The molecule has 2 aliphatic heterocycles. The highest BCUT2D eigenvalue weighted by atomic mass is 16.7. The van der Waals surface area contributed by atoms with E-state index in [1.165, 1.54) is 4.90 Å². The Morgan fingerprint density at radius 2 is 1.87 bits per heavy atom. The van der Waals surface area contributed by atoms with Crippen molar-refractivity contribution in [3.05, 3.63) is 59.7 Å². The van der Waals surface area contributed by atoms with Gasteiger partial charge in [0.15, 0.2) is 18.0 Å². The quantitative estimate of drug-likeness (QED) is 0.690. The number of hydrogen-bond acceptors (Lipinski definition) is 4. The summed E-state index contributed by atoms with van der Waals surface area (Å²) in [4.78, 5) is 28.0. The number of para-hydroxylation sites is 1. The first kappa shape index (κ1) is 20.9. The molecule has 0 spiro atoms. The number of benzene rings is 2. The highest BCUT2D eigenvalue weighted by molar-refractivity contribution is 5.92. The lowest BCUT2D eigenvalue weighted by Crippen LogP contribution is -3.15. The average molecular weight is 423 g/mol. The minimum absolute atomic E-state index is 0.0124. The Kier molecular flexibility index (Phi) is 6.52. The summed E-state index contributed by atoms with van der Waals surface area (Å²) in [6, 6.07) is 13.5. The predicted molar refractivity (Wildman–Crippen MR) is 118 cm³/mol. The molecule has 1 fully saturated rings. The number of piperazine rings is 1. The van der Waals surface area contributed by atoms with Crippen molar-refractivity contribution in [2.75, 3.05) is 44.8 Å². The second-order valence-electron chi connectivity index (χ2n) is 7.76. The maximum absolute atomic E-state index is 12.5. The van der Waals surface area contributed by atoms with Gasteiger partial charge in [-0.1, -0.05) is 31.2 Å². The van der Waals surface area contributed by atoms with Gasteiger partial charge in [0.2, 0.25) is 12.7 Å². The number of nitrogens with one attached hydrogen (secondary N) is 2. The van der Waals surface area contributed by atoms with Crippen LogP contribution in [0, 0.1) is 0 Å². The monoisotopic (exact) mass is 422 g/mol. The van der Waals surface area contributed by atoms with Crippen molar-refractivity contribution in [2.24, 2.45) is 0 Å². The number of hydrogen-bond donors (Lipinski definition) is 2. The number of carbonyl (C=O) groups is 2. The molecule has 0 radical (unpaired) electrons. The van der Waals surface area contributed by atoms with Crippen molar-refractivity contribution in [1.29, 1.82) is 0 Å². The normalized spacial score (nSPS) is 16.0. The van der Waals surface area contributed by atoms with Gasteiger partial charge in [0.1, 0.15) is 0 Å². The summed E-state index contributed by atoms with van der Waals surface area (Å²) in [5.74, 6) is 1.42. The predicted octanol–water partition coefficient (Wildman–Crippen LogP) is 1.36. The van der Waals surface area contributed by atoms with E-state index in [-0.39, 0.29) is 18.6 Å². The first-order valence-electron chi connectivity index (χ1n) is 10.7. The van der Waals surface area contributed by atoms with E-state index >= 15 is 0 Å². The number of aryl methyl sites for hydroxylation is 1. The number of carbonyl (C=O) groups excluding carboxylic acids is 2. The first-order chi connectivity index (χ1) is 15.1. The zero-order valence-electron chi connectivity index (χ0n) is 17.7. The van der Waals surface area contributed by atoms with Gasteiger partial charge in [-0.3, -0.25) is 9.59 Å². The van der Waals surface area contributed by atoms with Gasteiger partial charge in [-0.2, -0.15) is 0 Å². The molecule has 0 saturated carbocycles. The van der Waals surface area contributed by atoms with Crippen LogP contribution in [0.15, 0.2) is 48.5 Å². The van der Waals surface area contributed by atoms with E-state index < -0.39 is 0 Å². The molecule has 2 aromatic carbocycles. The van der Waals surface area contributed by atoms with Crippen molar-refractivity contribution in [1.82, 2.24) is 4.90 Å². The number of fused-ring (bicyclic) bond motifs is 1. The van der Waals surface area contributed by atoms with Crippen LogP contribution >= 0.6 is 0 Å². The van der Waals surface area contributed by atoms with Crippen LogP contribution in [0.2, 0.25) is 0 Å². The van der Waals surface area contributed by atoms with Gasteiger partial charge in [0, 0.05) is 11.8 Å². The number of ether oxygens (including phenoxy) is 2. The van der Waals surface area contributed by atoms with E-state index in [0.717, 1.165) is 42.1 Å². The SMILES string of the molecule is CCc1ccccc1NC(=O)C[NH+]1CCN(C(=O)/C=C/c2ccc3c(c2)OCO3)CC1. The molecule has 0 atom stereocenters. The Labute approximate surface area is 182 Å². The highest BCUT2D eigenvalue weighted by Crippen LogP contribution is 2.32. The lowest BCUT2D eigenvalue weighted by Gasteiger charge is -2.31. The summed E-state index contributed by atoms with van der Waals surface area (Å²) < 4.78 is 10.7. The number of nitrogens with zero attached hydrogens (tertiary/aromatic N) is 1. The van der Waals surface area contributed by atoms with Crippen molar-refractivity contribution >= 4 is 23.6 Å². The molecular formula is C24H28N3O4+. The summed E-state index contributed by atoms with van der Waals surface area (Å²) >= 11 is 0. The highest BCUT2D eigenvalue weighted by Gasteiger charge is 2.24. The number of rotatable bonds is 6. The minimum Gasteiger partial charge on any atom is -0.454 e. The molecule has 0 bridgehead atoms. The fourth-order valence-corrected chi connectivity index (χ4v) is 3.88. The van der Waals surface area contributed by atoms with Crippen molar-refractivity contribution in [2.45, 2.75) is 13.3 Å². The molecule has 7 heteroatoms. The summed E-state index contributed by atoms with van der Waals surface area (Å²) in [7, 11) is 0. The third-order valence-electron chi connectivity index (χ3n) is 5.68. The van der Waals surface area contributed by atoms with Gasteiger partial charge in [0.25, 0.3) is 5.91 Å². The fourth-order valence-electron chi connectivity index (χ4n) is 3.88. The molecule has 2 amide bonds. The summed E-state index contributed by atoms with van der Waals surface area (Å²) in [5.41, 5.74) is 2.92. The van der Waals surface area contributed by atoms with E-state index in [0.29, 0.717) is 25.4 Å². The molecule has 0 unspecified atom stereocenters. The van der Waals surface area contributed by atoms with Gasteiger partial charge in [0.05, 0.1) is 26.2 Å². The van der Waals surface area contributed by atoms with E-state index in [4.69, 9.17) is 9.47 Å². The van der Waals surface area contributed by atoms with Crippen molar-refractivity contribution in [3.63, 3.8) is 0 Å². The van der Waals surface area contributed by atoms with E-state index in [1.54, 1.807) is 12.2 Å². The Hall–Kier alpha value is -3.32. The zero-order chi connectivity index (χ0) is 21.6. The summed E-state index contributed by atoms with van der Waals surface area (Å²) in [5, 5.41) is 3.03. The average Bonchev–Trinajstić information content (AvgIpc) is 3.26. The molecule has 2 heterocycles. The van der Waals surface area contributed by atoms with Crippen molar-refractivity contribution < 1.29 is 24.0 Å². The first-order valence-corrected chi connectivity index (χ1v) is 10.7. The van der Waals surface area contributed by atoms with Gasteiger partial charge in [-0.15, -0.1) is 0 Å². The molecule has 162 valence electrons. The van der Waals surface area contributed by atoms with Gasteiger partial charge in [-0.05, 0) is 41.8 Å². The fraction of sp³-hybridized carbons (Fsp3) is 0.333. The van der Waals surface area contributed by atoms with E-state index in [1.807, 2.05) is 47.4 Å². The van der Waals surface area contributed by atoms with Crippen LogP contribution in [0.4, 0.5) is 5.69 Å². The Balaban J connectivity index is 1.24. The molecule has 2 N–H and O–H groups in total. The minimum atomic E-state index is -0.0157. The molecule has 7 nitrogen and oxygen atoms in total. The lowest BCUT2D eigenvalue weighted by atomic mass is 10.1. The molecule has 2 aromatic rings. The summed E-state index contributed by atoms with van der Waals surface area (Å²) in [6.07, 6.45) is 4.27. The third-order valence-corrected chi connectivity index (χ3v) is 5.68. The van der Waals surface area contributed by atoms with Crippen LogP contribution in [0.3, 0.4) is 0 Å². The molecule has 1 saturated heterocycles. The number of quaternary nitrogens is 1. The zero-order valence-corrected chi connectivity index (χ0v) is 17.7. The molecule has 31 heavy (non-hydrogen) atoms. The third kappa shape index (κ3) is 5.24. The van der Waals surface area contributed by atoms with Crippen LogP contribution in [-0.4, -0.2) is 56.2 Å². The van der Waals surface area contributed by atoms with Crippen LogP contribution in [0.1, 0.15) is 18.1 Å². The Bertz CT molecular complexity index is 981. The van der Waals surface area contributed by atoms with Crippen molar-refractivity contribution in [3.8, 4) is 11.5 Å².